The topological polar surface area (TPSA) is 124 Å². The molecule has 0 atom stereocenters. The molecule has 0 unspecified atom stereocenters. The molecule has 0 amide bonds. The van der Waals surface area contributed by atoms with Crippen LogP contribution in [0.15, 0.2) is 48.5 Å². The zero-order valence-corrected chi connectivity index (χ0v) is 49.9. The zero-order chi connectivity index (χ0) is 52.9. The van der Waals surface area contributed by atoms with Crippen molar-refractivity contribution in [2.24, 2.45) is 0 Å². The van der Waals surface area contributed by atoms with E-state index < -0.39 is 28.6 Å². The van der Waals surface area contributed by atoms with Crippen molar-refractivity contribution in [3.8, 4) is 23.0 Å². The Morgan fingerprint density at radius 1 is 0.284 bits per heavy atom. The van der Waals surface area contributed by atoms with E-state index in [9.17, 15) is 0 Å². The summed E-state index contributed by atoms with van der Waals surface area (Å²) in [7, 11) is -12.5. The minimum Gasteiger partial charge on any atom is -0.491 e. The molecule has 408 valence electrons. The minimum atomic E-state index is -3.13. The SMILES string of the molecule is CCCP(=O)(CCC)c1c2cc3cc1Cc1cc4cc(c1P(=O)(CCC)CCC)Cc1cc(cc(c1P(=O)(CCC)CCC)Cc1cc(cc(c1P(=O)(CCC)CCC)C2)OCCOCCO3)OCCOCCO4. The number of rotatable bonds is 20. The third-order valence-corrected chi connectivity index (χ3v) is 29.7. The van der Waals surface area contributed by atoms with E-state index in [0.29, 0.717) is 151 Å². The molecule has 12 bridgehead atoms. The molecule has 3 aliphatic rings. The lowest BCUT2D eigenvalue weighted by molar-refractivity contribution is 0.0763. The maximum atomic E-state index is 16.4. The second-order valence-corrected chi connectivity index (χ2v) is 33.5. The number of hydrogen-bond donors (Lipinski definition) is 0. The highest BCUT2D eigenvalue weighted by atomic mass is 31.2. The molecule has 0 radical (unpaired) electrons. The van der Waals surface area contributed by atoms with Gasteiger partial charge in [0.1, 0.15) is 78.0 Å². The van der Waals surface area contributed by atoms with Gasteiger partial charge in [-0.3, -0.25) is 0 Å². The van der Waals surface area contributed by atoms with Gasteiger partial charge in [-0.25, -0.2) is 0 Å². The van der Waals surface area contributed by atoms with Gasteiger partial charge in [-0.2, -0.15) is 0 Å². The molecule has 0 aromatic heterocycles. The predicted molar refractivity (Wildman–Crippen MR) is 311 cm³/mol. The summed E-state index contributed by atoms with van der Waals surface area (Å²) in [5.41, 5.74) is 7.12. The first-order valence-corrected chi connectivity index (χ1v) is 36.7. The van der Waals surface area contributed by atoms with Gasteiger partial charge >= 0.3 is 0 Å². The van der Waals surface area contributed by atoms with Crippen LogP contribution in [-0.4, -0.2) is 102 Å². The van der Waals surface area contributed by atoms with Crippen LogP contribution in [0.1, 0.15) is 151 Å². The number of benzene rings is 4. The molecule has 0 spiro atoms. The highest BCUT2D eigenvalue weighted by Gasteiger charge is 2.38. The second kappa shape index (κ2) is 27.0. The van der Waals surface area contributed by atoms with Gasteiger partial charge in [-0.05, 0) is 170 Å². The van der Waals surface area contributed by atoms with Gasteiger partial charge in [0, 0.05) is 70.5 Å². The summed E-state index contributed by atoms with van der Waals surface area (Å²) in [5, 5.41) is 3.42. The van der Waals surface area contributed by atoms with Gasteiger partial charge in [0.25, 0.3) is 0 Å². The van der Waals surface area contributed by atoms with Crippen LogP contribution in [0.3, 0.4) is 0 Å². The lowest BCUT2D eigenvalue weighted by Crippen LogP contribution is -2.29. The summed E-state index contributed by atoms with van der Waals surface area (Å²) in [4.78, 5) is 0. The Morgan fingerprint density at radius 2 is 0.446 bits per heavy atom. The zero-order valence-electron chi connectivity index (χ0n) is 46.3. The monoisotopic (exact) mass is 1090 g/mol. The molecule has 1 aliphatic carbocycles. The van der Waals surface area contributed by atoms with Crippen molar-refractivity contribution in [3.63, 3.8) is 0 Å². The van der Waals surface area contributed by atoms with E-state index in [1.165, 1.54) is 0 Å². The van der Waals surface area contributed by atoms with Crippen LogP contribution in [0.2, 0.25) is 0 Å². The summed E-state index contributed by atoms with van der Waals surface area (Å²) in [6.07, 6.45) is 11.5. The second-order valence-electron chi connectivity index (χ2n) is 21.0. The average Bonchev–Trinajstić information content (AvgIpc) is 3.33. The molecule has 0 saturated heterocycles. The fourth-order valence-electron chi connectivity index (χ4n) is 12.5. The summed E-state index contributed by atoms with van der Waals surface area (Å²) in [6.45, 7) is 19.5. The third kappa shape index (κ3) is 13.6. The smallest absolute Gasteiger partial charge is 0.120 e. The van der Waals surface area contributed by atoms with Crippen molar-refractivity contribution < 1.29 is 46.7 Å². The molecule has 2 aliphatic heterocycles. The van der Waals surface area contributed by atoms with E-state index in [1.54, 1.807) is 0 Å². The highest BCUT2D eigenvalue weighted by molar-refractivity contribution is 7.73. The van der Waals surface area contributed by atoms with E-state index in [2.05, 4.69) is 104 Å². The van der Waals surface area contributed by atoms with Crippen molar-refractivity contribution >= 4 is 49.8 Å². The van der Waals surface area contributed by atoms with E-state index in [4.69, 9.17) is 28.4 Å². The van der Waals surface area contributed by atoms with Crippen molar-refractivity contribution in [2.75, 3.05) is 102 Å². The standard InChI is InChI=1S/C60H88O10P4/c1-9-25-71(61,26-10-2)57-45-33-46-38-54-43-51(58(46)72(62,27-11-3)28-12-4)36-52-44-56-40-48(60(52)74(64,31-15-7)32-16-8)34-47-39-55(69-23-19-66-20-24-70-56)42-50(59(47)73(63,29-13-5)30-14-6)35-49(57)41-53(37-45)67-21-17-65-18-22-68-54/h37-44H,9-36H2,1-8H3. The first-order chi connectivity index (χ1) is 35.7. The normalized spacial score (nSPS) is 15.8. The molecule has 4 aromatic rings. The lowest BCUT2D eigenvalue weighted by atomic mass is 9.92. The van der Waals surface area contributed by atoms with Gasteiger partial charge in [-0.15, -0.1) is 0 Å². The average molecular weight is 1090 g/mol. The van der Waals surface area contributed by atoms with E-state index >= 15 is 18.3 Å². The Kier molecular flexibility index (Phi) is 21.4. The van der Waals surface area contributed by atoms with Gasteiger partial charge < -0.3 is 46.7 Å². The highest BCUT2D eigenvalue weighted by Crippen LogP contribution is 2.55. The fraction of sp³-hybridized carbons (Fsp3) is 0.600. The van der Waals surface area contributed by atoms with E-state index in [0.717, 1.165) is 117 Å². The van der Waals surface area contributed by atoms with Crippen molar-refractivity contribution in [1.82, 2.24) is 0 Å². The van der Waals surface area contributed by atoms with Crippen LogP contribution in [0.25, 0.3) is 0 Å². The quantitative estimate of drug-likeness (QED) is 0.0696. The third-order valence-electron chi connectivity index (χ3n) is 14.8. The summed E-state index contributed by atoms with van der Waals surface area (Å²) < 4.78 is 105. The minimum absolute atomic E-state index is 0.303. The van der Waals surface area contributed by atoms with E-state index in [-0.39, 0.29) is 0 Å². The van der Waals surface area contributed by atoms with Crippen molar-refractivity contribution in [1.29, 1.82) is 0 Å². The molecule has 4 aromatic carbocycles. The Hall–Kier alpha value is -3.08. The molecule has 74 heavy (non-hydrogen) atoms. The largest absolute Gasteiger partial charge is 0.491 e. The molecule has 14 heteroatoms. The van der Waals surface area contributed by atoms with Crippen LogP contribution in [-0.2, 0) is 53.4 Å². The molecule has 10 nitrogen and oxygen atoms in total. The Balaban J connectivity index is 1.76. The Bertz CT molecular complexity index is 2340. The summed E-state index contributed by atoms with van der Waals surface area (Å²) in [5.74, 6) is 2.61. The first kappa shape index (κ1) is 58.6. The summed E-state index contributed by atoms with van der Waals surface area (Å²) >= 11 is 0. The van der Waals surface area contributed by atoms with Gasteiger partial charge in [-0.1, -0.05) is 55.4 Å². The van der Waals surface area contributed by atoms with Crippen LogP contribution < -0.4 is 40.2 Å². The van der Waals surface area contributed by atoms with Crippen LogP contribution in [0.5, 0.6) is 23.0 Å². The van der Waals surface area contributed by atoms with Gasteiger partial charge in [0.2, 0.25) is 0 Å². The lowest BCUT2D eigenvalue weighted by Gasteiger charge is -2.31. The molecule has 2 heterocycles. The molecule has 7 rings (SSSR count). The van der Waals surface area contributed by atoms with Gasteiger partial charge in [0.15, 0.2) is 0 Å². The maximum Gasteiger partial charge on any atom is 0.120 e. The molecule has 0 fully saturated rings. The Labute approximate surface area is 445 Å². The first-order valence-electron chi connectivity index (χ1n) is 28.4. The van der Waals surface area contributed by atoms with Crippen molar-refractivity contribution in [3.05, 3.63) is 93.0 Å². The predicted octanol–water partition coefficient (Wildman–Crippen LogP) is 13.2. The van der Waals surface area contributed by atoms with E-state index in [1.807, 2.05) is 0 Å². The molecule has 0 saturated carbocycles. The number of fused-ring (bicyclic) bond motifs is 8. The molecular formula is C60H88O10P4. The maximum absolute atomic E-state index is 16.4. The molecule has 0 N–H and O–H groups in total. The number of ether oxygens (including phenoxy) is 6. The van der Waals surface area contributed by atoms with Crippen LogP contribution in [0.4, 0.5) is 0 Å². The summed E-state index contributed by atoms with van der Waals surface area (Å²) in [6, 6.07) is 16.7. The van der Waals surface area contributed by atoms with Crippen LogP contribution >= 0.6 is 28.6 Å². The Morgan fingerprint density at radius 3 is 0.595 bits per heavy atom. The number of hydrogen-bond acceptors (Lipinski definition) is 10. The van der Waals surface area contributed by atoms with Crippen LogP contribution in [0, 0.1) is 0 Å². The fourth-order valence-corrected chi connectivity index (χ4v) is 26.3. The molecular weight excluding hydrogens is 1000 g/mol. The van der Waals surface area contributed by atoms with Crippen molar-refractivity contribution in [2.45, 2.75) is 132 Å². The van der Waals surface area contributed by atoms with Gasteiger partial charge in [0.05, 0.1) is 26.4 Å².